The van der Waals surface area contributed by atoms with Crippen LogP contribution in [0.1, 0.15) is 21.6 Å². The number of carbonyl (C=O) groups is 1. The first-order valence-electron chi connectivity index (χ1n) is 10.3. The Balaban J connectivity index is 1.65. The number of fused-ring (bicyclic) bond motifs is 1. The van der Waals surface area contributed by atoms with Crippen LogP contribution in [0.5, 0.6) is 17.2 Å². The van der Waals surface area contributed by atoms with Crippen LogP contribution in [-0.2, 0) is 6.54 Å². The molecule has 0 saturated heterocycles. The lowest BCUT2D eigenvalue weighted by Crippen LogP contribution is -2.29. The van der Waals surface area contributed by atoms with E-state index >= 15 is 0 Å². The number of aromatic hydroxyl groups is 1. The van der Waals surface area contributed by atoms with Gasteiger partial charge in [-0.2, -0.15) is 10.2 Å². The van der Waals surface area contributed by atoms with Crippen molar-refractivity contribution in [3.05, 3.63) is 93.9 Å². The minimum Gasteiger partial charge on any atom is -0.502 e. The number of ether oxygens (including phenoxy) is 2. The minimum absolute atomic E-state index is 0.0733. The Morgan fingerprint density at radius 3 is 2.29 bits per heavy atom. The maximum absolute atomic E-state index is 13.0. The molecule has 1 amide bonds. The highest BCUT2D eigenvalue weighted by atomic mass is 16.5. The molecule has 0 unspecified atom stereocenters. The number of hydrogen-bond donors (Lipinski definition) is 2. The Morgan fingerprint density at radius 2 is 1.65 bits per heavy atom. The molecule has 1 aromatic heterocycles. The standard InChI is InChI=1S/C25H22N4O5/c1-33-20-12-17(13-21(34-2)23(20)30)14-26-27-24(31)22-18-10-6-7-11-19(18)25(32)29(28-22)15-16-8-4-3-5-9-16/h3-14,30H,15H2,1-2H3,(H,27,31). The smallest absolute Gasteiger partial charge is 0.292 e. The van der Waals surface area contributed by atoms with Crippen molar-refractivity contribution in [2.75, 3.05) is 14.2 Å². The van der Waals surface area contributed by atoms with Crippen LogP contribution < -0.4 is 20.5 Å². The molecule has 0 atom stereocenters. The summed E-state index contributed by atoms with van der Waals surface area (Å²) in [5.74, 6) is -0.310. The van der Waals surface area contributed by atoms with Crippen molar-refractivity contribution >= 4 is 22.9 Å². The molecule has 2 N–H and O–H groups in total. The lowest BCUT2D eigenvalue weighted by Gasteiger charge is -2.10. The zero-order chi connectivity index (χ0) is 24.1. The van der Waals surface area contributed by atoms with Gasteiger partial charge in [-0.25, -0.2) is 10.1 Å². The summed E-state index contributed by atoms with van der Waals surface area (Å²) in [6.07, 6.45) is 1.38. The second-order valence-electron chi connectivity index (χ2n) is 7.32. The molecule has 0 radical (unpaired) electrons. The number of methoxy groups -OCH3 is 2. The van der Waals surface area contributed by atoms with Crippen LogP contribution >= 0.6 is 0 Å². The molecule has 0 aliphatic rings. The van der Waals surface area contributed by atoms with Crippen molar-refractivity contribution in [2.45, 2.75) is 6.54 Å². The number of rotatable bonds is 7. The summed E-state index contributed by atoms with van der Waals surface area (Å²) < 4.78 is 11.5. The van der Waals surface area contributed by atoms with Gasteiger partial charge in [-0.05, 0) is 23.8 Å². The first kappa shape index (κ1) is 22.5. The predicted octanol–water partition coefficient (Wildman–Crippen LogP) is 2.93. The molecule has 0 fully saturated rings. The van der Waals surface area contributed by atoms with Crippen molar-refractivity contribution in [2.24, 2.45) is 5.10 Å². The van der Waals surface area contributed by atoms with Crippen LogP contribution in [0.25, 0.3) is 10.8 Å². The number of phenolic OH excluding ortho intramolecular Hbond substituents is 1. The number of carbonyl (C=O) groups excluding carboxylic acids is 1. The van der Waals surface area contributed by atoms with Gasteiger partial charge >= 0.3 is 0 Å². The Morgan fingerprint density at radius 1 is 1.03 bits per heavy atom. The average molecular weight is 458 g/mol. The van der Waals surface area contributed by atoms with Gasteiger partial charge in [0.05, 0.1) is 32.4 Å². The third-order valence-electron chi connectivity index (χ3n) is 5.14. The van der Waals surface area contributed by atoms with Crippen molar-refractivity contribution in [3.8, 4) is 17.2 Å². The van der Waals surface area contributed by atoms with Crippen molar-refractivity contribution in [1.82, 2.24) is 15.2 Å². The van der Waals surface area contributed by atoms with Gasteiger partial charge in [0, 0.05) is 10.9 Å². The molecule has 1 heterocycles. The molecule has 3 aromatic carbocycles. The minimum atomic E-state index is -0.577. The van der Waals surface area contributed by atoms with E-state index in [0.29, 0.717) is 16.3 Å². The summed E-state index contributed by atoms with van der Waals surface area (Å²) in [6, 6.07) is 19.3. The van der Waals surface area contributed by atoms with E-state index in [1.165, 1.54) is 25.1 Å². The summed E-state index contributed by atoms with van der Waals surface area (Å²) >= 11 is 0. The van der Waals surface area contributed by atoms with Gasteiger partial charge in [0.15, 0.2) is 17.2 Å². The molecular formula is C25H22N4O5. The molecular weight excluding hydrogens is 436 g/mol. The van der Waals surface area contributed by atoms with E-state index in [2.05, 4.69) is 15.6 Å². The molecule has 0 aliphatic carbocycles. The summed E-state index contributed by atoms with van der Waals surface area (Å²) in [4.78, 5) is 25.9. The van der Waals surface area contributed by atoms with Crippen molar-refractivity contribution < 1.29 is 19.4 Å². The molecule has 172 valence electrons. The molecule has 34 heavy (non-hydrogen) atoms. The lowest BCUT2D eigenvalue weighted by atomic mass is 10.1. The number of nitrogens with one attached hydrogen (secondary N) is 1. The molecule has 9 nitrogen and oxygen atoms in total. The highest BCUT2D eigenvalue weighted by Gasteiger charge is 2.17. The molecule has 9 heteroatoms. The molecule has 0 aliphatic heterocycles. The number of amides is 1. The number of hydrazone groups is 1. The van der Waals surface area contributed by atoms with Gasteiger partial charge in [0.1, 0.15) is 0 Å². The first-order valence-corrected chi connectivity index (χ1v) is 10.3. The van der Waals surface area contributed by atoms with Crippen molar-refractivity contribution in [1.29, 1.82) is 0 Å². The molecule has 0 bridgehead atoms. The maximum Gasteiger partial charge on any atom is 0.292 e. The second kappa shape index (κ2) is 9.86. The lowest BCUT2D eigenvalue weighted by molar-refractivity contribution is 0.0949. The highest BCUT2D eigenvalue weighted by Crippen LogP contribution is 2.36. The number of benzene rings is 3. The zero-order valence-electron chi connectivity index (χ0n) is 18.6. The SMILES string of the molecule is COc1cc(C=NNC(=O)c2nn(Cc3ccccc3)c(=O)c3ccccc23)cc(OC)c1O. The Kier molecular flexibility index (Phi) is 6.54. The van der Waals surface area contributed by atoms with Crippen LogP contribution in [0.4, 0.5) is 0 Å². The quantitative estimate of drug-likeness (QED) is 0.325. The van der Waals surface area contributed by atoms with Crippen molar-refractivity contribution in [3.63, 3.8) is 0 Å². The van der Waals surface area contributed by atoms with Gasteiger partial charge in [0.2, 0.25) is 5.75 Å². The summed E-state index contributed by atoms with van der Waals surface area (Å²) in [5.41, 5.74) is 3.64. The van der Waals surface area contributed by atoms with E-state index < -0.39 is 5.91 Å². The van der Waals surface area contributed by atoms with E-state index in [1.54, 1.807) is 36.4 Å². The van der Waals surface area contributed by atoms with E-state index in [1.807, 2.05) is 30.3 Å². The van der Waals surface area contributed by atoms with E-state index in [-0.39, 0.29) is 35.0 Å². The number of nitrogens with zero attached hydrogens (tertiary/aromatic N) is 3. The molecule has 4 rings (SSSR count). The van der Waals surface area contributed by atoms with Crippen LogP contribution in [0.3, 0.4) is 0 Å². The number of aromatic nitrogens is 2. The van der Waals surface area contributed by atoms with E-state index in [4.69, 9.17) is 9.47 Å². The van der Waals surface area contributed by atoms with E-state index in [9.17, 15) is 14.7 Å². The Bertz CT molecular complexity index is 1410. The summed E-state index contributed by atoms with van der Waals surface area (Å²) in [6.45, 7) is 0.223. The topological polar surface area (TPSA) is 115 Å². The molecule has 4 aromatic rings. The second-order valence-corrected chi connectivity index (χ2v) is 7.32. The van der Waals surface area contributed by atoms with Crippen LogP contribution in [-0.4, -0.2) is 41.2 Å². The monoisotopic (exact) mass is 458 g/mol. The van der Waals surface area contributed by atoms with Gasteiger partial charge < -0.3 is 14.6 Å². The van der Waals surface area contributed by atoms with Gasteiger partial charge in [-0.15, -0.1) is 0 Å². The first-order chi connectivity index (χ1) is 16.5. The highest BCUT2D eigenvalue weighted by molar-refractivity contribution is 6.05. The third-order valence-corrected chi connectivity index (χ3v) is 5.14. The zero-order valence-corrected chi connectivity index (χ0v) is 18.6. The number of phenols is 1. The molecule has 0 saturated carbocycles. The fraction of sp³-hybridized carbons (Fsp3) is 0.120. The van der Waals surface area contributed by atoms with E-state index in [0.717, 1.165) is 5.56 Å². The van der Waals surface area contributed by atoms with Crippen LogP contribution in [0.15, 0.2) is 76.6 Å². The number of hydrogen-bond acceptors (Lipinski definition) is 7. The van der Waals surface area contributed by atoms with Gasteiger partial charge in [-0.3, -0.25) is 9.59 Å². The Labute approximate surface area is 194 Å². The fourth-order valence-corrected chi connectivity index (χ4v) is 3.47. The van der Waals surface area contributed by atoms with Gasteiger partial charge in [0.25, 0.3) is 11.5 Å². The summed E-state index contributed by atoms with van der Waals surface area (Å²) in [7, 11) is 2.83. The fourth-order valence-electron chi connectivity index (χ4n) is 3.47. The summed E-state index contributed by atoms with van der Waals surface area (Å²) in [5, 5.41) is 19.2. The maximum atomic E-state index is 13.0. The molecule has 0 spiro atoms. The van der Waals surface area contributed by atoms with Gasteiger partial charge in [-0.1, -0.05) is 48.5 Å². The predicted molar refractivity (Wildman–Crippen MR) is 128 cm³/mol. The van der Waals surface area contributed by atoms with Crippen LogP contribution in [0, 0.1) is 0 Å². The largest absolute Gasteiger partial charge is 0.502 e. The third kappa shape index (κ3) is 4.58. The normalized spacial score (nSPS) is 11.0. The van der Waals surface area contributed by atoms with Crippen LogP contribution in [0.2, 0.25) is 0 Å². The Hall–Kier alpha value is -4.66. The average Bonchev–Trinajstić information content (AvgIpc) is 2.87.